The first kappa shape index (κ1) is 14.0. The molecule has 1 aromatic carbocycles. The highest BCUT2D eigenvalue weighted by Gasteiger charge is 2.29. The Bertz CT molecular complexity index is 488. The summed E-state index contributed by atoms with van der Waals surface area (Å²) in [6.07, 6.45) is -3.05. The van der Waals surface area contributed by atoms with Crippen LogP contribution in [0, 0.1) is 10.1 Å². The molecule has 0 saturated heterocycles. The van der Waals surface area contributed by atoms with Gasteiger partial charge in [-0.2, -0.15) is 0 Å². The summed E-state index contributed by atoms with van der Waals surface area (Å²) in [6, 6.07) is 1.99. The molecule has 0 amide bonds. The Kier molecular flexibility index (Phi) is 4.30. The molecule has 0 atom stereocenters. The minimum absolute atomic E-state index is 0.0172. The van der Waals surface area contributed by atoms with Crippen LogP contribution < -0.4 is 4.74 Å². The molecule has 98 valence electrons. The van der Waals surface area contributed by atoms with Crippen LogP contribution in [-0.4, -0.2) is 17.3 Å². The second kappa shape index (κ2) is 5.52. The normalized spacial score (nSPS) is 10.5. The number of Topliss-reactive ketones (excluding diaryl/α,β-unsaturated/α-hetero) is 1. The van der Waals surface area contributed by atoms with Gasteiger partial charge in [-0.3, -0.25) is 14.9 Å². The van der Waals surface area contributed by atoms with Gasteiger partial charge >= 0.3 is 0 Å². The Morgan fingerprint density at radius 3 is 2.50 bits per heavy atom. The SMILES string of the molecule is CCOc1cc(C(C)=O)c([N+](=O)[O-])c(C(F)F)c1. The number of alkyl halides is 2. The van der Waals surface area contributed by atoms with Crippen LogP contribution in [0.15, 0.2) is 12.1 Å². The van der Waals surface area contributed by atoms with Gasteiger partial charge in [-0.25, -0.2) is 8.78 Å². The number of benzene rings is 1. The van der Waals surface area contributed by atoms with Crippen LogP contribution in [0.25, 0.3) is 0 Å². The molecular weight excluding hydrogens is 248 g/mol. The Morgan fingerprint density at radius 2 is 2.11 bits per heavy atom. The molecule has 18 heavy (non-hydrogen) atoms. The zero-order valence-electron chi connectivity index (χ0n) is 9.78. The Morgan fingerprint density at radius 1 is 1.50 bits per heavy atom. The monoisotopic (exact) mass is 259 g/mol. The number of carbonyl (C=O) groups excluding carboxylic acids is 1. The summed E-state index contributed by atoms with van der Waals surface area (Å²) in [5.41, 5.74) is -2.04. The van der Waals surface area contributed by atoms with Crippen LogP contribution >= 0.6 is 0 Å². The summed E-state index contributed by atoms with van der Waals surface area (Å²) >= 11 is 0. The number of nitro benzene ring substituents is 1. The number of nitrogens with zero attached hydrogens (tertiary/aromatic N) is 1. The van der Waals surface area contributed by atoms with Crippen molar-refractivity contribution in [2.45, 2.75) is 20.3 Å². The average molecular weight is 259 g/mol. The van der Waals surface area contributed by atoms with Crippen LogP contribution in [0.1, 0.15) is 36.2 Å². The predicted octanol–water partition coefficient (Wildman–Crippen LogP) is 3.13. The molecule has 0 radical (unpaired) electrons. The van der Waals surface area contributed by atoms with E-state index >= 15 is 0 Å². The van der Waals surface area contributed by atoms with Crippen molar-refractivity contribution in [2.75, 3.05) is 6.61 Å². The summed E-state index contributed by atoms with van der Waals surface area (Å²) in [5.74, 6) is -0.645. The fourth-order valence-electron chi connectivity index (χ4n) is 1.52. The van der Waals surface area contributed by atoms with Crippen molar-refractivity contribution < 1.29 is 23.2 Å². The topological polar surface area (TPSA) is 69.4 Å². The van der Waals surface area contributed by atoms with E-state index in [0.29, 0.717) is 0 Å². The molecule has 0 fully saturated rings. The molecule has 0 aromatic heterocycles. The van der Waals surface area contributed by atoms with Gasteiger partial charge in [0.2, 0.25) is 0 Å². The van der Waals surface area contributed by atoms with Crippen molar-refractivity contribution in [3.05, 3.63) is 33.4 Å². The minimum Gasteiger partial charge on any atom is -0.494 e. The summed E-state index contributed by atoms with van der Waals surface area (Å²) < 4.78 is 30.6. The maximum Gasteiger partial charge on any atom is 0.289 e. The number of ketones is 1. The van der Waals surface area contributed by atoms with Crippen molar-refractivity contribution in [1.29, 1.82) is 0 Å². The molecular formula is C11H11F2NO4. The third kappa shape index (κ3) is 2.79. The van der Waals surface area contributed by atoms with Gasteiger partial charge in [-0.1, -0.05) is 0 Å². The van der Waals surface area contributed by atoms with Crippen LogP contribution in [0.5, 0.6) is 5.75 Å². The van der Waals surface area contributed by atoms with E-state index in [-0.39, 0.29) is 17.9 Å². The Labute approximate surface area is 102 Å². The molecule has 0 aliphatic rings. The molecule has 1 aromatic rings. The molecule has 0 spiro atoms. The molecule has 0 N–H and O–H groups in total. The maximum absolute atomic E-state index is 12.8. The molecule has 0 heterocycles. The van der Waals surface area contributed by atoms with Crippen molar-refractivity contribution in [3.8, 4) is 5.75 Å². The van der Waals surface area contributed by atoms with Gasteiger partial charge in [0.1, 0.15) is 5.75 Å². The largest absolute Gasteiger partial charge is 0.494 e. The lowest BCUT2D eigenvalue weighted by molar-refractivity contribution is -0.386. The van der Waals surface area contributed by atoms with E-state index in [1.54, 1.807) is 6.92 Å². The molecule has 0 aliphatic heterocycles. The lowest BCUT2D eigenvalue weighted by atomic mass is 10.0. The highest BCUT2D eigenvalue weighted by Crippen LogP contribution is 2.35. The summed E-state index contributed by atoms with van der Waals surface area (Å²) in [4.78, 5) is 21.1. The molecule has 0 aliphatic carbocycles. The van der Waals surface area contributed by atoms with Gasteiger partial charge in [0, 0.05) is 0 Å². The van der Waals surface area contributed by atoms with Gasteiger partial charge < -0.3 is 4.74 Å². The van der Waals surface area contributed by atoms with Crippen molar-refractivity contribution in [3.63, 3.8) is 0 Å². The number of hydrogen-bond donors (Lipinski definition) is 0. The van der Waals surface area contributed by atoms with Gasteiger partial charge in [0.25, 0.3) is 12.1 Å². The number of carbonyl (C=O) groups is 1. The standard InChI is InChI=1S/C11H11F2NO4/c1-3-18-7-4-8(6(2)15)10(14(16)17)9(5-7)11(12)13/h4-5,11H,3H2,1-2H3. The molecule has 7 heteroatoms. The first-order chi connectivity index (χ1) is 8.38. The van der Waals surface area contributed by atoms with Gasteiger partial charge in [-0.05, 0) is 26.0 Å². The van der Waals surface area contributed by atoms with Crippen LogP contribution in [-0.2, 0) is 0 Å². The number of nitro groups is 1. The first-order valence-electron chi connectivity index (χ1n) is 5.12. The zero-order chi connectivity index (χ0) is 13.9. The van der Waals surface area contributed by atoms with Crippen molar-refractivity contribution >= 4 is 11.5 Å². The molecule has 0 saturated carbocycles. The summed E-state index contributed by atoms with van der Waals surface area (Å²) in [7, 11) is 0. The van der Waals surface area contributed by atoms with Crippen LogP contribution in [0.4, 0.5) is 14.5 Å². The number of halogens is 2. The second-order valence-electron chi connectivity index (χ2n) is 3.46. The molecule has 0 bridgehead atoms. The van der Waals surface area contributed by atoms with Gasteiger partial charge in [0.15, 0.2) is 5.78 Å². The van der Waals surface area contributed by atoms with E-state index in [0.717, 1.165) is 19.1 Å². The van der Waals surface area contributed by atoms with Crippen molar-refractivity contribution in [1.82, 2.24) is 0 Å². The second-order valence-corrected chi connectivity index (χ2v) is 3.46. The van der Waals surface area contributed by atoms with Crippen LogP contribution in [0.2, 0.25) is 0 Å². The average Bonchev–Trinajstić information content (AvgIpc) is 2.27. The minimum atomic E-state index is -3.05. The fraction of sp³-hybridized carbons (Fsp3) is 0.364. The van der Waals surface area contributed by atoms with Gasteiger partial charge in [-0.15, -0.1) is 0 Å². The Balaban J connectivity index is 3.54. The highest BCUT2D eigenvalue weighted by atomic mass is 19.3. The lowest BCUT2D eigenvalue weighted by Gasteiger charge is -2.09. The highest BCUT2D eigenvalue weighted by molar-refractivity contribution is 5.99. The van der Waals surface area contributed by atoms with E-state index in [1.807, 2.05) is 0 Å². The smallest absolute Gasteiger partial charge is 0.289 e. The van der Waals surface area contributed by atoms with E-state index in [1.165, 1.54) is 0 Å². The summed E-state index contributed by atoms with van der Waals surface area (Å²) in [6.45, 7) is 2.92. The molecule has 5 nitrogen and oxygen atoms in total. The Hall–Kier alpha value is -2.05. The third-order valence-electron chi connectivity index (χ3n) is 2.22. The molecule has 0 unspecified atom stereocenters. The van der Waals surface area contributed by atoms with Crippen molar-refractivity contribution in [2.24, 2.45) is 0 Å². The fourth-order valence-corrected chi connectivity index (χ4v) is 1.52. The number of rotatable bonds is 5. The number of ether oxygens (including phenoxy) is 1. The van der Waals surface area contributed by atoms with Gasteiger partial charge in [0.05, 0.1) is 22.7 Å². The van der Waals surface area contributed by atoms with E-state index < -0.39 is 28.4 Å². The van der Waals surface area contributed by atoms with E-state index in [9.17, 15) is 23.7 Å². The third-order valence-corrected chi connectivity index (χ3v) is 2.22. The van der Waals surface area contributed by atoms with E-state index in [2.05, 4.69) is 0 Å². The lowest BCUT2D eigenvalue weighted by Crippen LogP contribution is -2.06. The zero-order valence-corrected chi connectivity index (χ0v) is 9.78. The van der Waals surface area contributed by atoms with Crippen LogP contribution in [0.3, 0.4) is 0 Å². The predicted molar refractivity (Wildman–Crippen MR) is 59.2 cm³/mol. The maximum atomic E-state index is 12.8. The first-order valence-corrected chi connectivity index (χ1v) is 5.12. The summed E-state index contributed by atoms with van der Waals surface area (Å²) in [5, 5.41) is 10.8. The van der Waals surface area contributed by atoms with E-state index in [4.69, 9.17) is 4.74 Å². The number of hydrogen-bond acceptors (Lipinski definition) is 4. The quantitative estimate of drug-likeness (QED) is 0.462. The molecule has 1 rings (SSSR count).